The van der Waals surface area contributed by atoms with E-state index >= 15 is 0 Å². The van der Waals surface area contributed by atoms with Crippen molar-refractivity contribution >= 4 is 23.4 Å². The van der Waals surface area contributed by atoms with E-state index < -0.39 is 0 Å². The third kappa shape index (κ3) is 6.38. The van der Waals surface area contributed by atoms with Crippen molar-refractivity contribution in [3.05, 3.63) is 29.8 Å². The van der Waals surface area contributed by atoms with Crippen LogP contribution in [0, 0.1) is 0 Å². The number of hydrogen-bond acceptors (Lipinski definition) is 4. The van der Waals surface area contributed by atoms with E-state index in [9.17, 15) is 4.79 Å². The van der Waals surface area contributed by atoms with Crippen LogP contribution in [0.2, 0.25) is 0 Å². The van der Waals surface area contributed by atoms with E-state index in [1.807, 2.05) is 30.0 Å². The quantitative estimate of drug-likeness (QED) is 0.772. The molecule has 0 aliphatic carbocycles. The number of carbonyl (C=O) groups excluding carboxylic acids is 1. The maximum Gasteiger partial charge on any atom is 0.238 e. The van der Waals surface area contributed by atoms with Gasteiger partial charge >= 0.3 is 0 Å². The smallest absolute Gasteiger partial charge is 0.238 e. The monoisotopic (exact) mass is 322 g/mol. The highest BCUT2D eigenvalue weighted by Crippen LogP contribution is 2.19. The molecule has 1 atom stereocenters. The lowest BCUT2D eigenvalue weighted by molar-refractivity contribution is -0.115. The van der Waals surface area contributed by atoms with Gasteiger partial charge in [-0.3, -0.25) is 4.79 Å². The predicted octanol–water partition coefficient (Wildman–Crippen LogP) is 3.04. The molecule has 0 unspecified atom stereocenters. The van der Waals surface area contributed by atoms with Gasteiger partial charge in [0.2, 0.25) is 5.91 Å². The second-order valence-electron chi connectivity index (χ2n) is 5.87. The highest BCUT2D eigenvalue weighted by atomic mass is 32.2. The minimum Gasteiger partial charge on any atom is -0.377 e. The molecule has 1 aliphatic heterocycles. The Balaban J connectivity index is 1.72. The van der Waals surface area contributed by atoms with Crippen molar-refractivity contribution in [1.29, 1.82) is 0 Å². The molecule has 0 spiro atoms. The number of anilines is 1. The summed E-state index contributed by atoms with van der Waals surface area (Å²) in [6, 6.07) is 8.07. The lowest BCUT2D eigenvalue weighted by atomic mass is 10.2. The number of amides is 1. The largest absolute Gasteiger partial charge is 0.377 e. The molecule has 22 heavy (non-hydrogen) atoms. The first-order valence-electron chi connectivity index (χ1n) is 7.96. The fraction of sp³-hybridized carbons (Fsp3) is 0.588. The molecule has 2 N–H and O–H groups in total. The summed E-state index contributed by atoms with van der Waals surface area (Å²) in [6.07, 6.45) is 2.48. The molecular weight excluding hydrogens is 296 g/mol. The summed E-state index contributed by atoms with van der Waals surface area (Å²) in [5.74, 6) is 0.963. The van der Waals surface area contributed by atoms with Crippen LogP contribution in [0.25, 0.3) is 0 Å². The molecule has 1 fully saturated rings. The van der Waals surface area contributed by atoms with E-state index in [0.717, 1.165) is 37.4 Å². The van der Waals surface area contributed by atoms with Gasteiger partial charge in [-0.1, -0.05) is 26.0 Å². The van der Waals surface area contributed by atoms with Gasteiger partial charge in [0.15, 0.2) is 0 Å². The average molecular weight is 322 g/mol. The van der Waals surface area contributed by atoms with Crippen molar-refractivity contribution < 1.29 is 9.53 Å². The number of rotatable bonds is 8. The molecule has 0 radical (unpaired) electrons. The van der Waals surface area contributed by atoms with Crippen molar-refractivity contribution in [2.75, 3.05) is 25.0 Å². The Bertz CT molecular complexity index is 473. The third-order valence-corrected chi connectivity index (χ3v) is 4.64. The van der Waals surface area contributed by atoms with Gasteiger partial charge in [0, 0.05) is 24.6 Å². The summed E-state index contributed by atoms with van der Waals surface area (Å²) in [5.41, 5.74) is 2.11. The minimum atomic E-state index is -0.00772. The van der Waals surface area contributed by atoms with Crippen LogP contribution < -0.4 is 10.6 Å². The molecule has 0 saturated carbocycles. The number of ether oxygens (including phenoxy) is 1. The number of hydrogen-bond donors (Lipinski definition) is 2. The second-order valence-corrected chi connectivity index (χ2v) is 7.44. The summed E-state index contributed by atoms with van der Waals surface area (Å²) < 4.78 is 5.52. The van der Waals surface area contributed by atoms with Crippen LogP contribution in [0.3, 0.4) is 0 Å². The molecular formula is C17H26N2O2S. The van der Waals surface area contributed by atoms with Crippen molar-refractivity contribution in [2.24, 2.45) is 0 Å². The molecule has 1 saturated heterocycles. The Morgan fingerprint density at radius 1 is 1.45 bits per heavy atom. The molecule has 1 aromatic rings. The van der Waals surface area contributed by atoms with Crippen molar-refractivity contribution in [3.8, 4) is 0 Å². The molecule has 1 aliphatic rings. The topological polar surface area (TPSA) is 50.4 Å². The Hall–Kier alpha value is -1.04. The van der Waals surface area contributed by atoms with Crippen LogP contribution in [0.5, 0.6) is 0 Å². The van der Waals surface area contributed by atoms with Gasteiger partial charge in [0.25, 0.3) is 0 Å². The lowest BCUT2D eigenvalue weighted by Crippen LogP contribution is -2.33. The van der Waals surface area contributed by atoms with Crippen LogP contribution >= 0.6 is 11.8 Å². The Morgan fingerprint density at radius 2 is 2.32 bits per heavy atom. The fourth-order valence-electron chi connectivity index (χ4n) is 2.36. The van der Waals surface area contributed by atoms with E-state index in [1.165, 1.54) is 5.56 Å². The third-order valence-electron chi connectivity index (χ3n) is 3.48. The predicted molar refractivity (Wildman–Crippen MR) is 93.3 cm³/mol. The summed E-state index contributed by atoms with van der Waals surface area (Å²) in [4.78, 5) is 11.9. The van der Waals surface area contributed by atoms with E-state index in [4.69, 9.17) is 4.74 Å². The van der Waals surface area contributed by atoms with Crippen LogP contribution in [-0.4, -0.2) is 37.0 Å². The number of benzene rings is 1. The summed E-state index contributed by atoms with van der Waals surface area (Å²) in [7, 11) is 0. The molecule has 5 heteroatoms. The lowest BCUT2D eigenvalue weighted by Gasteiger charge is -2.11. The first-order chi connectivity index (χ1) is 10.6. The second kappa shape index (κ2) is 9.18. The zero-order valence-corrected chi connectivity index (χ0v) is 14.2. The molecule has 0 aromatic heterocycles. The van der Waals surface area contributed by atoms with Gasteiger partial charge in [-0.05, 0) is 35.8 Å². The van der Waals surface area contributed by atoms with Gasteiger partial charge in [0.05, 0.1) is 12.6 Å². The molecule has 4 nitrogen and oxygen atoms in total. The first-order valence-corrected chi connectivity index (χ1v) is 9.01. The van der Waals surface area contributed by atoms with Crippen molar-refractivity contribution in [3.63, 3.8) is 0 Å². The molecule has 1 amide bonds. The van der Waals surface area contributed by atoms with Crippen LogP contribution in [0.15, 0.2) is 24.3 Å². The van der Waals surface area contributed by atoms with Gasteiger partial charge in [-0.15, -0.1) is 0 Å². The van der Waals surface area contributed by atoms with E-state index in [2.05, 4.69) is 30.5 Å². The van der Waals surface area contributed by atoms with Crippen LogP contribution in [0.4, 0.5) is 5.69 Å². The van der Waals surface area contributed by atoms with Crippen LogP contribution in [0.1, 0.15) is 32.3 Å². The Labute approximate surface area is 137 Å². The minimum absolute atomic E-state index is 0.00772. The number of thioether (sulfide) groups is 1. The van der Waals surface area contributed by atoms with E-state index in [1.54, 1.807) is 0 Å². The molecule has 1 aromatic carbocycles. The van der Waals surface area contributed by atoms with Crippen molar-refractivity contribution in [2.45, 2.75) is 43.8 Å². The average Bonchev–Trinajstić information content (AvgIpc) is 2.99. The first kappa shape index (κ1) is 17.3. The van der Waals surface area contributed by atoms with E-state index in [-0.39, 0.29) is 12.0 Å². The number of carbonyl (C=O) groups is 1. The molecule has 1 heterocycles. The number of nitrogens with one attached hydrogen (secondary N) is 2. The van der Waals surface area contributed by atoms with Crippen molar-refractivity contribution in [1.82, 2.24) is 5.32 Å². The standard InChI is InChI=1S/C17H26N2O2S/c1-13(2)22-12-14-5-3-6-15(9-14)19-17(20)11-18-10-16-7-4-8-21-16/h3,5-6,9,13,16,18H,4,7-8,10-12H2,1-2H3,(H,19,20)/t16-/m0/s1. The normalized spacial score (nSPS) is 17.9. The maximum absolute atomic E-state index is 11.9. The maximum atomic E-state index is 11.9. The van der Waals surface area contributed by atoms with Gasteiger partial charge < -0.3 is 15.4 Å². The zero-order valence-electron chi connectivity index (χ0n) is 13.4. The highest BCUT2D eigenvalue weighted by molar-refractivity contribution is 7.99. The van der Waals surface area contributed by atoms with Gasteiger partial charge in [-0.25, -0.2) is 0 Å². The highest BCUT2D eigenvalue weighted by Gasteiger charge is 2.15. The molecule has 2 rings (SSSR count). The Kier molecular flexibility index (Phi) is 7.22. The summed E-state index contributed by atoms with van der Waals surface area (Å²) >= 11 is 1.90. The van der Waals surface area contributed by atoms with Crippen LogP contribution in [-0.2, 0) is 15.3 Å². The summed E-state index contributed by atoms with van der Waals surface area (Å²) in [6.45, 7) is 6.30. The Morgan fingerprint density at radius 3 is 3.05 bits per heavy atom. The fourth-order valence-corrected chi connectivity index (χ4v) is 3.06. The SMILES string of the molecule is CC(C)SCc1cccc(NC(=O)CNC[C@@H]2CCCO2)c1. The summed E-state index contributed by atoms with van der Waals surface area (Å²) in [5, 5.41) is 6.72. The van der Waals surface area contributed by atoms with Gasteiger partial charge in [0.1, 0.15) is 0 Å². The molecule has 122 valence electrons. The van der Waals surface area contributed by atoms with E-state index in [0.29, 0.717) is 11.8 Å². The molecule has 0 bridgehead atoms. The van der Waals surface area contributed by atoms with Gasteiger partial charge in [-0.2, -0.15) is 11.8 Å². The zero-order chi connectivity index (χ0) is 15.8.